The molecule has 3 heterocycles. The van der Waals surface area contributed by atoms with E-state index in [1.165, 1.54) is 0 Å². The van der Waals surface area contributed by atoms with Crippen molar-refractivity contribution in [3.05, 3.63) is 70.7 Å². The maximum absolute atomic E-state index is 12.7. The van der Waals surface area contributed by atoms with Crippen LogP contribution in [0.3, 0.4) is 0 Å². The van der Waals surface area contributed by atoms with E-state index in [1.807, 2.05) is 46.0 Å². The number of nitrogens with zero attached hydrogens (tertiary/aromatic N) is 3. The van der Waals surface area contributed by atoms with Crippen molar-refractivity contribution in [2.45, 2.75) is 12.3 Å². The Labute approximate surface area is 160 Å². The molecule has 2 aromatic heterocycles. The van der Waals surface area contributed by atoms with Crippen LogP contribution in [-0.2, 0) is 11.2 Å². The second-order valence-electron chi connectivity index (χ2n) is 6.78. The van der Waals surface area contributed by atoms with Gasteiger partial charge in [0, 0.05) is 24.0 Å². The van der Waals surface area contributed by atoms with Crippen LogP contribution in [0.1, 0.15) is 17.4 Å². The first-order chi connectivity index (χ1) is 13.3. The van der Waals surface area contributed by atoms with Crippen LogP contribution in [0.4, 0.5) is 0 Å². The normalized spacial score (nSPS) is 14.4. The molecule has 0 radical (unpaired) electrons. The number of rotatable bonds is 4. The molecule has 0 atom stereocenters. The molecule has 6 heteroatoms. The molecule has 5 rings (SSSR count). The van der Waals surface area contributed by atoms with Crippen LogP contribution in [-0.4, -0.2) is 34.0 Å². The number of carbonyl (C=O) groups is 1. The van der Waals surface area contributed by atoms with E-state index in [2.05, 4.69) is 28.3 Å². The molecule has 0 saturated carbocycles. The van der Waals surface area contributed by atoms with Crippen LogP contribution in [0.2, 0.25) is 0 Å². The lowest BCUT2D eigenvalue weighted by atomic mass is 9.97. The Bertz CT molecular complexity index is 1090. The number of thiophene rings is 1. The zero-order valence-corrected chi connectivity index (χ0v) is 15.4. The molecule has 4 aromatic rings. The van der Waals surface area contributed by atoms with E-state index in [0.717, 1.165) is 21.9 Å². The fraction of sp³-hybridized carbons (Fsp3) is 0.190. The molecule has 0 N–H and O–H groups in total. The number of hydrogen-bond donors (Lipinski definition) is 0. The lowest BCUT2D eigenvalue weighted by Crippen LogP contribution is -2.49. The van der Waals surface area contributed by atoms with Crippen LogP contribution in [0, 0.1) is 0 Å². The third-order valence-electron chi connectivity index (χ3n) is 5.03. The molecule has 5 nitrogen and oxygen atoms in total. The summed E-state index contributed by atoms with van der Waals surface area (Å²) in [5.74, 6) is 1.50. The zero-order valence-electron chi connectivity index (χ0n) is 14.5. The summed E-state index contributed by atoms with van der Waals surface area (Å²) in [5.41, 5.74) is 2.04. The highest BCUT2D eigenvalue weighted by Gasteiger charge is 2.35. The predicted octanol–water partition coefficient (Wildman–Crippen LogP) is 4.12. The zero-order chi connectivity index (χ0) is 18.2. The van der Waals surface area contributed by atoms with Crippen LogP contribution < -0.4 is 0 Å². The molecule has 1 saturated heterocycles. The first-order valence-electron chi connectivity index (χ1n) is 8.88. The Balaban J connectivity index is 1.25. The van der Waals surface area contributed by atoms with E-state index < -0.39 is 0 Å². The van der Waals surface area contributed by atoms with Gasteiger partial charge in [-0.25, -0.2) is 0 Å². The molecule has 1 amide bonds. The number of hydrogen-bond acceptors (Lipinski definition) is 5. The molecule has 0 spiro atoms. The van der Waals surface area contributed by atoms with E-state index in [0.29, 0.717) is 31.2 Å². The molecule has 134 valence electrons. The Morgan fingerprint density at radius 1 is 1.15 bits per heavy atom. The molecule has 27 heavy (non-hydrogen) atoms. The van der Waals surface area contributed by atoms with Crippen molar-refractivity contribution in [3.63, 3.8) is 0 Å². The Kier molecular flexibility index (Phi) is 3.98. The number of carbonyl (C=O) groups excluding carboxylic acids is 1. The number of aromatic nitrogens is 2. The maximum Gasteiger partial charge on any atom is 0.233 e. The summed E-state index contributed by atoms with van der Waals surface area (Å²) in [6, 6.07) is 16.3. The number of fused-ring (bicyclic) bond motifs is 1. The summed E-state index contributed by atoms with van der Waals surface area (Å²) in [4.78, 5) is 19.0. The van der Waals surface area contributed by atoms with Gasteiger partial charge in [-0.3, -0.25) is 4.79 Å². The smallest absolute Gasteiger partial charge is 0.233 e. The fourth-order valence-corrected chi connectivity index (χ4v) is 4.10. The van der Waals surface area contributed by atoms with Crippen LogP contribution in [0.25, 0.3) is 22.2 Å². The molecule has 1 aliphatic rings. The van der Waals surface area contributed by atoms with Gasteiger partial charge in [0.15, 0.2) is 0 Å². The first-order valence-corrected chi connectivity index (χ1v) is 9.83. The van der Waals surface area contributed by atoms with Crippen LogP contribution in [0.5, 0.6) is 0 Å². The Morgan fingerprint density at radius 3 is 2.85 bits per heavy atom. The third-order valence-corrected chi connectivity index (χ3v) is 5.71. The van der Waals surface area contributed by atoms with Crippen molar-refractivity contribution < 1.29 is 9.32 Å². The summed E-state index contributed by atoms with van der Waals surface area (Å²) in [6.07, 6.45) is 0.415. The highest BCUT2D eigenvalue weighted by atomic mass is 32.1. The molecule has 1 fully saturated rings. The summed E-state index contributed by atoms with van der Waals surface area (Å²) >= 11 is 1.60. The number of likely N-dealkylation sites (tertiary alicyclic amines) is 1. The quantitative estimate of drug-likeness (QED) is 0.538. The molecule has 0 bridgehead atoms. The van der Waals surface area contributed by atoms with Gasteiger partial charge in [0.05, 0.1) is 12.3 Å². The molecule has 0 aliphatic carbocycles. The second kappa shape index (κ2) is 6.63. The van der Waals surface area contributed by atoms with E-state index in [-0.39, 0.29) is 11.8 Å². The van der Waals surface area contributed by atoms with Gasteiger partial charge in [0.25, 0.3) is 0 Å². The fourth-order valence-electron chi connectivity index (χ4n) is 3.47. The third kappa shape index (κ3) is 3.02. The number of benzene rings is 2. The first kappa shape index (κ1) is 16.2. The monoisotopic (exact) mass is 375 g/mol. The van der Waals surface area contributed by atoms with Gasteiger partial charge in [0.1, 0.15) is 0 Å². The average molecular weight is 375 g/mol. The van der Waals surface area contributed by atoms with Gasteiger partial charge >= 0.3 is 0 Å². The summed E-state index contributed by atoms with van der Waals surface area (Å²) in [7, 11) is 0. The minimum absolute atomic E-state index is 0.126. The van der Waals surface area contributed by atoms with Crippen molar-refractivity contribution in [3.8, 4) is 11.4 Å². The maximum atomic E-state index is 12.7. The van der Waals surface area contributed by atoms with E-state index in [4.69, 9.17) is 4.52 Å². The standard InChI is InChI=1S/C21H17N3O2S/c25-19(10-15-6-3-5-14-4-1-2-7-18(14)15)24-11-17(12-24)21-22-20(23-26-21)16-8-9-27-13-16/h1-9,13,17H,10-12H2. The van der Waals surface area contributed by atoms with Gasteiger partial charge in [-0.15, -0.1) is 0 Å². The highest BCUT2D eigenvalue weighted by Crippen LogP contribution is 2.29. The predicted molar refractivity (Wildman–Crippen MR) is 105 cm³/mol. The van der Waals surface area contributed by atoms with Crippen molar-refractivity contribution in [1.29, 1.82) is 0 Å². The van der Waals surface area contributed by atoms with E-state index >= 15 is 0 Å². The lowest BCUT2D eigenvalue weighted by molar-refractivity contribution is -0.135. The molecular weight excluding hydrogens is 358 g/mol. The van der Waals surface area contributed by atoms with Crippen molar-refractivity contribution in [2.75, 3.05) is 13.1 Å². The molecule has 0 unspecified atom stereocenters. The summed E-state index contributed by atoms with van der Waals surface area (Å²) in [5, 5.41) is 10.3. The Morgan fingerprint density at radius 2 is 2.00 bits per heavy atom. The van der Waals surface area contributed by atoms with Gasteiger partial charge < -0.3 is 9.42 Å². The van der Waals surface area contributed by atoms with Gasteiger partial charge in [-0.05, 0) is 27.8 Å². The van der Waals surface area contributed by atoms with Crippen LogP contribution in [0.15, 0.2) is 63.8 Å². The molecule has 1 aliphatic heterocycles. The summed E-state index contributed by atoms with van der Waals surface area (Å²) < 4.78 is 5.40. The lowest BCUT2D eigenvalue weighted by Gasteiger charge is -2.37. The van der Waals surface area contributed by atoms with E-state index in [9.17, 15) is 4.79 Å². The van der Waals surface area contributed by atoms with Crippen LogP contribution >= 0.6 is 11.3 Å². The summed E-state index contributed by atoms with van der Waals surface area (Å²) in [6.45, 7) is 1.27. The topological polar surface area (TPSA) is 59.2 Å². The highest BCUT2D eigenvalue weighted by molar-refractivity contribution is 7.08. The minimum atomic E-state index is 0.126. The minimum Gasteiger partial charge on any atom is -0.341 e. The largest absolute Gasteiger partial charge is 0.341 e. The SMILES string of the molecule is O=C(Cc1cccc2ccccc12)N1CC(c2nc(-c3ccsc3)no2)C1. The van der Waals surface area contributed by atoms with Gasteiger partial charge in [-0.2, -0.15) is 16.3 Å². The molecule has 2 aromatic carbocycles. The van der Waals surface area contributed by atoms with E-state index in [1.54, 1.807) is 11.3 Å². The van der Waals surface area contributed by atoms with Crippen molar-refractivity contribution >= 4 is 28.0 Å². The van der Waals surface area contributed by atoms with Crippen molar-refractivity contribution in [1.82, 2.24) is 15.0 Å². The average Bonchev–Trinajstić information content (AvgIpc) is 3.32. The number of amides is 1. The second-order valence-corrected chi connectivity index (χ2v) is 7.56. The van der Waals surface area contributed by atoms with Crippen molar-refractivity contribution in [2.24, 2.45) is 0 Å². The Hall–Kier alpha value is -2.99. The van der Waals surface area contributed by atoms with Gasteiger partial charge in [0.2, 0.25) is 17.6 Å². The van der Waals surface area contributed by atoms with Gasteiger partial charge in [-0.1, -0.05) is 47.6 Å². The molecular formula is C21H17N3O2S.